The second-order valence-corrected chi connectivity index (χ2v) is 20.5. The highest BCUT2D eigenvalue weighted by Crippen LogP contribution is 1.88. The zero-order valence-corrected chi connectivity index (χ0v) is 8.26. The van der Waals surface area contributed by atoms with Gasteiger partial charge in [-0.1, -0.05) is 0 Å². The summed E-state index contributed by atoms with van der Waals surface area (Å²) in [6.07, 6.45) is 0. The Bertz CT molecular complexity index is 20.4. The summed E-state index contributed by atoms with van der Waals surface area (Å²) in [4.78, 5) is 0. The standard InChI is InChI=1S/F2H6Si3/c1-5(2,3)4/h3-4H3. The molecule has 0 aliphatic rings. The minimum atomic E-state index is -3.33. The molecule has 0 saturated carbocycles. The number of hydrogen-bond acceptors (Lipinski definition) is 0. The molecule has 0 atom stereocenters. The van der Waals surface area contributed by atoms with Gasteiger partial charge in [0.25, 0.3) is 0 Å². The van der Waals surface area contributed by atoms with Crippen LogP contribution in [-0.2, 0) is 0 Å². The third-order valence-corrected chi connectivity index (χ3v) is 0. The van der Waals surface area contributed by atoms with E-state index < -0.39 is 7.78 Å². The Morgan fingerprint density at radius 2 is 1.20 bits per heavy atom. The van der Waals surface area contributed by atoms with Gasteiger partial charge >= 0.3 is 7.78 Å². The Balaban J connectivity index is 3.02. The molecule has 0 aliphatic carbocycles. The molecule has 0 radical (unpaired) electrons. The maximum absolute atomic E-state index is 11.3. The van der Waals surface area contributed by atoms with Gasteiger partial charge in [-0.05, 0) is 0 Å². The van der Waals surface area contributed by atoms with Crippen molar-refractivity contribution in [1.82, 2.24) is 0 Å². The zero-order valence-electron chi connectivity index (χ0n) is 3.26. The smallest absolute Gasteiger partial charge is 0.282 e. The van der Waals surface area contributed by atoms with Crippen molar-refractivity contribution in [3.05, 3.63) is 0 Å². The lowest BCUT2D eigenvalue weighted by molar-refractivity contribution is 0.682. The molecular weight excluding hydrogens is 122 g/mol. The molecule has 0 aromatic rings. The topological polar surface area (TPSA) is 0 Å². The minimum Gasteiger partial charge on any atom is -0.282 e. The molecule has 0 unspecified atom stereocenters. The van der Waals surface area contributed by atoms with Crippen LogP contribution in [-0.4, -0.2) is 27.3 Å². The Labute approximate surface area is 36.4 Å². The van der Waals surface area contributed by atoms with Gasteiger partial charge in [-0.15, -0.1) is 0 Å². The fraction of sp³-hybridized carbons (Fsp3) is 0. The molecule has 0 aliphatic heterocycles. The van der Waals surface area contributed by atoms with Gasteiger partial charge in [-0.2, -0.15) is 0 Å². The third-order valence-electron chi connectivity index (χ3n) is 0. The molecule has 0 bridgehead atoms. The Morgan fingerprint density at radius 3 is 1.20 bits per heavy atom. The summed E-state index contributed by atoms with van der Waals surface area (Å²) in [5.41, 5.74) is 0. The van der Waals surface area contributed by atoms with E-state index in [0.717, 1.165) is 0 Å². The van der Waals surface area contributed by atoms with Crippen molar-refractivity contribution in [3.63, 3.8) is 0 Å². The van der Waals surface area contributed by atoms with E-state index in [1.807, 2.05) is 0 Å². The molecule has 0 rings (SSSR count). The van der Waals surface area contributed by atoms with Gasteiger partial charge in [0.1, 0.15) is 0 Å². The number of halogens is 2. The molecule has 32 valence electrons. The predicted molar refractivity (Wildman–Crippen MR) is 27.8 cm³/mol. The summed E-state index contributed by atoms with van der Waals surface area (Å²) in [5, 5.41) is 0. The lowest BCUT2D eigenvalue weighted by atomic mass is 18.8. The lowest BCUT2D eigenvalue weighted by Crippen LogP contribution is -2.22. The second-order valence-electron chi connectivity index (χ2n) is 1.33. The molecule has 0 amide bonds. The van der Waals surface area contributed by atoms with E-state index in [4.69, 9.17) is 0 Å². The van der Waals surface area contributed by atoms with E-state index in [0.29, 0.717) is 0 Å². The molecule has 5 heavy (non-hydrogen) atoms. The molecule has 5 heteroatoms. The van der Waals surface area contributed by atoms with Crippen LogP contribution in [0.4, 0.5) is 8.22 Å². The van der Waals surface area contributed by atoms with Crippen LogP contribution in [0.15, 0.2) is 0 Å². The van der Waals surface area contributed by atoms with Gasteiger partial charge in [0.15, 0.2) is 0 Å². The fourth-order valence-corrected chi connectivity index (χ4v) is 0. The fourth-order valence-electron chi connectivity index (χ4n) is 0. The number of hydrogen-bond donors (Lipinski definition) is 0. The SMILES string of the molecule is F[Si](F)([SiH3])[SiH3]. The Kier molecular flexibility index (Phi) is 1.45. The van der Waals surface area contributed by atoms with Gasteiger partial charge in [-0.3, -0.25) is 8.22 Å². The maximum Gasteiger partial charge on any atom is 0.363 e. The van der Waals surface area contributed by atoms with E-state index in [9.17, 15) is 8.22 Å². The van der Waals surface area contributed by atoms with Crippen LogP contribution in [0.3, 0.4) is 0 Å². The first-order chi connectivity index (χ1) is 2.00. The van der Waals surface area contributed by atoms with Crippen LogP contribution >= 0.6 is 0 Å². The van der Waals surface area contributed by atoms with Crippen molar-refractivity contribution in [2.45, 2.75) is 0 Å². The molecule has 0 spiro atoms. The molecule has 0 aromatic heterocycles. The van der Waals surface area contributed by atoms with Gasteiger partial charge < -0.3 is 0 Å². The van der Waals surface area contributed by atoms with E-state index in [1.54, 1.807) is 0 Å². The van der Waals surface area contributed by atoms with Crippen molar-refractivity contribution in [2.24, 2.45) is 0 Å². The monoisotopic (exact) mass is 128 g/mol. The molecule has 0 nitrogen and oxygen atoms in total. The quantitative estimate of drug-likeness (QED) is 0.264. The minimum absolute atomic E-state index is 0.175. The van der Waals surface area contributed by atoms with Crippen molar-refractivity contribution >= 4 is 27.3 Å². The average molecular weight is 128 g/mol. The number of rotatable bonds is 0. The van der Waals surface area contributed by atoms with Gasteiger partial charge in [0.2, 0.25) is 0 Å². The van der Waals surface area contributed by atoms with Crippen LogP contribution in [0, 0.1) is 0 Å². The van der Waals surface area contributed by atoms with Crippen molar-refractivity contribution in [2.75, 3.05) is 0 Å². The lowest BCUT2D eigenvalue weighted by Gasteiger charge is -1.89. The molecule has 0 saturated heterocycles. The van der Waals surface area contributed by atoms with Gasteiger partial charge in [0, 0.05) is 0 Å². The normalized spacial score (nSPS) is 13.2. The summed E-state index contributed by atoms with van der Waals surface area (Å²) < 4.78 is 22.6. The van der Waals surface area contributed by atoms with E-state index in [-0.39, 0.29) is 19.5 Å². The highest BCUT2D eigenvalue weighted by atomic mass is 29.6. The largest absolute Gasteiger partial charge is 0.363 e. The van der Waals surface area contributed by atoms with Crippen LogP contribution < -0.4 is 0 Å². The van der Waals surface area contributed by atoms with Crippen molar-refractivity contribution in [1.29, 1.82) is 0 Å². The van der Waals surface area contributed by atoms with Crippen molar-refractivity contribution < 1.29 is 8.22 Å². The van der Waals surface area contributed by atoms with Crippen LogP contribution in [0.1, 0.15) is 0 Å². The highest BCUT2D eigenvalue weighted by Gasteiger charge is 2.15. The van der Waals surface area contributed by atoms with Gasteiger partial charge in [-0.25, -0.2) is 0 Å². The molecule has 0 aromatic carbocycles. The maximum atomic E-state index is 11.3. The Hall–Kier alpha value is 0.511. The molecule has 0 N–H and O–H groups in total. The van der Waals surface area contributed by atoms with Crippen LogP contribution in [0.25, 0.3) is 0 Å². The first-order valence-electron chi connectivity index (χ1n) is 1.38. The van der Waals surface area contributed by atoms with Crippen LogP contribution in [0.5, 0.6) is 0 Å². The molecule has 0 fully saturated rings. The van der Waals surface area contributed by atoms with E-state index in [2.05, 4.69) is 0 Å². The predicted octanol–water partition coefficient (Wildman–Crippen LogP) is -1.91. The Morgan fingerprint density at radius 1 is 1.20 bits per heavy atom. The highest BCUT2D eigenvalue weighted by molar-refractivity contribution is 7.34. The summed E-state index contributed by atoms with van der Waals surface area (Å²) >= 11 is 0. The first-order valence-corrected chi connectivity index (χ1v) is 10.1. The van der Waals surface area contributed by atoms with Crippen molar-refractivity contribution in [3.8, 4) is 0 Å². The summed E-state index contributed by atoms with van der Waals surface area (Å²) in [5.74, 6) is 0. The molecular formula is H6F2Si3. The molecule has 0 heterocycles. The average Bonchev–Trinajstić information content (AvgIpc) is 0.722. The van der Waals surface area contributed by atoms with E-state index >= 15 is 0 Å². The summed E-state index contributed by atoms with van der Waals surface area (Å²) in [6.45, 7) is 0. The summed E-state index contributed by atoms with van der Waals surface area (Å²) in [6, 6.07) is 0. The zero-order chi connectivity index (χ0) is 4.50. The van der Waals surface area contributed by atoms with E-state index in [1.165, 1.54) is 0 Å². The van der Waals surface area contributed by atoms with Gasteiger partial charge in [0.05, 0.1) is 19.5 Å². The second kappa shape index (κ2) is 1.31. The van der Waals surface area contributed by atoms with Crippen LogP contribution in [0.2, 0.25) is 0 Å². The summed E-state index contributed by atoms with van der Waals surface area (Å²) in [7, 11) is -2.98. The third kappa shape index (κ3) is 109. The first kappa shape index (κ1) is 5.51.